The van der Waals surface area contributed by atoms with Gasteiger partial charge in [0.2, 0.25) is 15.9 Å². The lowest BCUT2D eigenvalue weighted by Gasteiger charge is -2.15. The summed E-state index contributed by atoms with van der Waals surface area (Å²) in [6.07, 6.45) is 0. The van der Waals surface area contributed by atoms with E-state index in [1.165, 1.54) is 38.3 Å². The molecular formula is C20H25N3O6S. The lowest BCUT2D eigenvalue weighted by molar-refractivity contribution is -0.123. The fraction of sp³-hybridized carbons (Fsp3) is 0.300. The molecule has 30 heavy (non-hydrogen) atoms. The van der Waals surface area contributed by atoms with Gasteiger partial charge in [-0.1, -0.05) is 6.07 Å². The lowest BCUT2D eigenvalue weighted by Crippen LogP contribution is -2.41. The summed E-state index contributed by atoms with van der Waals surface area (Å²) < 4.78 is 37.6. The molecule has 3 N–H and O–H groups in total. The van der Waals surface area contributed by atoms with Crippen LogP contribution in [0.1, 0.15) is 13.8 Å². The van der Waals surface area contributed by atoms with Gasteiger partial charge in [-0.3, -0.25) is 9.59 Å². The highest BCUT2D eigenvalue weighted by atomic mass is 32.2. The second kappa shape index (κ2) is 10.6. The predicted octanol–water partition coefficient (Wildman–Crippen LogP) is 1.52. The van der Waals surface area contributed by atoms with Crippen molar-refractivity contribution in [2.24, 2.45) is 0 Å². The summed E-state index contributed by atoms with van der Waals surface area (Å²) in [6.45, 7) is 3.59. The highest BCUT2D eigenvalue weighted by Gasteiger charge is 2.22. The Hall–Kier alpha value is -3.11. The summed E-state index contributed by atoms with van der Waals surface area (Å²) in [6, 6.07) is 11.2. The van der Waals surface area contributed by atoms with Crippen molar-refractivity contribution in [3.63, 3.8) is 0 Å². The zero-order chi connectivity index (χ0) is 22.1. The molecule has 1 atom stereocenters. The van der Waals surface area contributed by atoms with Crippen LogP contribution in [0, 0.1) is 0 Å². The summed E-state index contributed by atoms with van der Waals surface area (Å²) in [5.41, 5.74) is 0.406. The zero-order valence-corrected chi connectivity index (χ0v) is 17.8. The average Bonchev–Trinajstić information content (AvgIpc) is 2.72. The van der Waals surface area contributed by atoms with E-state index in [0.717, 1.165) is 0 Å². The summed E-state index contributed by atoms with van der Waals surface area (Å²) >= 11 is 0. The van der Waals surface area contributed by atoms with Gasteiger partial charge in [-0.05, 0) is 50.2 Å². The molecule has 0 radical (unpaired) electrons. The van der Waals surface area contributed by atoms with E-state index in [1.807, 2.05) is 0 Å². The van der Waals surface area contributed by atoms with Crippen molar-refractivity contribution in [1.82, 2.24) is 10.0 Å². The van der Waals surface area contributed by atoms with Crippen molar-refractivity contribution in [1.29, 1.82) is 0 Å². The molecule has 0 aliphatic carbocycles. The summed E-state index contributed by atoms with van der Waals surface area (Å²) in [5, 5.41) is 5.23. The number of anilines is 1. The summed E-state index contributed by atoms with van der Waals surface area (Å²) in [5.74, 6) is 0.112. The van der Waals surface area contributed by atoms with Gasteiger partial charge < -0.3 is 20.1 Å². The van der Waals surface area contributed by atoms with Crippen LogP contribution in [0.25, 0.3) is 0 Å². The first-order valence-corrected chi connectivity index (χ1v) is 10.7. The number of likely N-dealkylation sites (N-methyl/N-ethyl adjacent to an activating group) is 1. The first kappa shape index (κ1) is 23.2. The Bertz CT molecular complexity index is 976. The first-order valence-electron chi connectivity index (χ1n) is 9.22. The Balaban J connectivity index is 1.97. The predicted molar refractivity (Wildman–Crippen MR) is 112 cm³/mol. The van der Waals surface area contributed by atoms with Crippen LogP contribution >= 0.6 is 0 Å². The van der Waals surface area contributed by atoms with Crippen molar-refractivity contribution in [2.45, 2.75) is 24.8 Å². The fourth-order valence-electron chi connectivity index (χ4n) is 2.42. The van der Waals surface area contributed by atoms with Crippen LogP contribution in [0.4, 0.5) is 5.69 Å². The SMILES string of the molecule is CCNC(=O)COc1cccc(NC(=O)[C@H](C)NS(=O)(=O)c2ccc(OC)cc2)c1. The molecule has 0 aliphatic rings. The van der Waals surface area contributed by atoms with E-state index >= 15 is 0 Å². The van der Waals surface area contributed by atoms with E-state index < -0.39 is 22.0 Å². The molecule has 0 unspecified atom stereocenters. The second-order valence-corrected chi connectivity index (χ2v) is 7.99. The van der Waals surface area contributed by atoms with Gasteiger partial charge in [-0.15, -0.1) is 0 Å². The quantitative estimate of drug-likeness (QED) is 0.520. The Morgan fingerprint density at radius 3 is 2.40 bits per heavy atom. The average molecular weight is 436 g/mol. The third-order valence-corrected chi connectivity index (χ3v) is 5.50. The van der Waals surface area contributed by atoms with Gasteiger partial charge in [0.1, 0.15) is 11.5 Å². The van der Waals surface area contributed by atoms with Crippen molar-refractivity contribution in [2.75, 3.05) is 25.6 Å². The smallest absolute Gasteiger partial charge is 0.257 e. The third kappa shape index (κ3) is 6.75. The van der Waals surface area contributed by atoms with Crippen molar-refractivity contribution >= 4 is 27.5 Å². The number of methoxy groups -OCH3 is 1. The van der Waals surface area contributed by atoms with Gasteiger partial charge in [0.25, 0.3) is 5.91 Å². The van der Waals surface area contributed by atoms with Gasteiger partial charge in [-0.25, -0.2) is 8.42 Å². The van der Waals surface area contributed by atoms with E-state index in [9.17, 15) is 18.0 Å². The standard InChI is InChI=1S/C20H25N3O6S/c1-4-21-19(24)13-29-17-7-5-6-15(12-17)22-20(25)14(2)23-30(26,27)18-10-8-16(28-3)9-11-18/h5-12,14,23H,4,13H2,1-3H3,(H,21,24)(H,22,25)/t14-/m0/s1. The van der Waals surface area contributed by atoms with Gasteiger partial charge >= 0.3 is 0 Å². The second-order valence-electron chi connectivity index (χ2n) is 6.28. The number of hydrogen-bond acceptors (Lipinski definition) is 6. The molecule has 2 aromatic rings. The highest BCUT2D eigenvalue weighted by Crippen LogP contribution is 2.18. The molecule has 10 heteroatoms. The Morgan fingerprint density at radius 1 is 1.07 bits per heavy atom. The normalized spacial score (nSPS) is 12.0. The number of nitrogens with one attached hydrogen (secondary N) is 3. The summed E-state index contributed by atoms with van der Waals surface area (Å²) in [4.78, 5) is 23.9. The molecule has 0 aromatic heterocycles. The number of sulfonamides is 1. The number of rotatable bonds is 10. The Morgan fingerprint density at radius 2 is 1.77 bits per heavy atom. The number of carbonyl (C=O) groups is 2. The van der Waals surface area contributed by atoms with Crippen LogP contribution in [-0.4, -0.2) is 46.5 Å². The number of carbonyl (C=O) groups excluding carboxylic acids is 2. The van der Waals surface area contributed by atoms with Crippen LogP contribution in [0.3, 0.4) is 0 Å². The van der Waals surface area contributed by atoms with E-state index in [4.69, 9.17) is 9.47 Å². The first-order chi connectivity index (χ1) is 14.2. The molecule has 0 bridgehead atoms. The van der Waals surface area contributed by atoms with E-state index in [2.05, 4.69) is 15.4 Å². The minimum atomic E-state index is -3.89. The molecule has 9 nitrogen and oxygen atoms in total. The molecule has 2 rings (SSSR count). The lowest BCUT2D eigenvalue weighted by atomic mass is 10.2. The molecule has 0 aliphatic heterocycles. The minimum absolute atomic E-state index is 0.0173. The number of hydrogen-bond donors (Lipinski definition) is 3. The summed E-state index contributed by atoms with van der Waals surface area (Å²) in [7, 11) is -2.41. The molecule has 162 valence electrons. The Labute approximate surface area is 175 Å². The van der Waals surface area contributed by atoms with Crippen LogP contribution in [0.15, 0.2) is 53.4 Å². The van der Waals surface area contributed by atoms with Gasteiger partial charge in [0.05, 0.1) is 18.0 Å². The maximum atomic E-state index is 12.5. The molecule has 0 fully saturated rings. The van der Waals surface area contributed by atoms with Gasteiger partial charge in [0.15, 0.2) is 6.61 Å². The van der Waals surface area contributed by atoms with Crippen LogP contribution < -0.4 is 24.8 Å². The molecule has 0 heterocycles. The number of benzene rings is 2. The van der Waals surface area contributed by atoms with E-state index in [-0.39, 0.29) is 17.4 Å². The van der Waals surface area contributed by atoms with Gasteiger partial charge in [0, 0.05) is 18.3 Å². The third-order valence-electron chi connectivity index (χ3n) is 3.94. The van der Waals surface area contributed by atoms with Gasteiger partial charge in [-0.2, -0.15) is 4.72 Å². The van der Waals surface area contributed by atoms with Crippen LogP contribution in [0.2, 0.25) is 0 Å². The number of amides is 2. The maximum Gasteiger partial charge on any atom is 0.257 e. The largest absolute Gasteiger partial charge is 0.497 e. The van der Waals surface area contributed by atoms with Crippen LogP contribution in [0.5, 0.6) is 11.5 Å². The fourth-order valence-corrected chi connectivity index (χ4v) is 3.62. The van der Waals surface area contributed by atoms with Crippen molar-refractivity contribution < 1.29 is 27.5 Å². The molecular weight excluding hydrogens is 410 g/mol. The monoisotopic (exact) mass is 435 g/mol. The molecule has 0 saturated carbocycles. The number of ether oxygens (including phenoxy) is 2. The molecule has 0 spiro atoms. The zero-order valence-electron chi connectivity index (χ0n) is 17.0. The highest BCUT2D eigenvalue weighted by molar-refractivity contribution is 7.89. The van der Waals surface area contributed by atoms with Crippen LogP contribution in [-0.2, 0) is 19.6 Å². The minimum Gasteiger partial charge on any atom is -0.497 e. The molecule has 2 amide bonds. The van der Waals surface area contributed by atoms with E-state index in [0.29, 0.717) is 23.7 Å². The topological polar surface area (TPSA) is 123 Å². The Kier molecular flexibility index (Phi) is 8.19. The molecule has 0 saturated heterocycles. The van der Waals surface area contributed by atoms with E-state index in [1.54, 1.807) is 31.2 Å². The van der Waals surface area contributed by atoms with Crippen molar-refractivity contribution in [3.05, 3.63) is 48.5 Å². The van der Waals surface area contributed by atoms with Crippen molar-refractivity contribution in [3.8, 4) is 11.5 Å². The molecule has 2 aromatic carbocycles. The maximum absolute atomic E-state index is 12.5.